The van der Waals surface area contributed by atoms with E-state index in [4.69, 9.17) is 0 Å². The van der Waals surface area contributed by atoms with Crippen molar-refractivity contribution in [1.82, 2.24) is 0 Å². The van der Waals surface area contributed by atoms with Crippen LogP contribution in [0.5, 0.6) is 0 Å². The first-order chi connectivity index (χ1) is 10.7. The summed E-state index contributed by atoms with van der Waals surface area (Å²) in [6.45, 7) is 6.74. The molecule has 0 amide bonds. The van der Waals surface area contributed by atoms with Crippen molar-refractivity contribution in [3.8, 4) is 0 Å². The van der Waals surface area contributed by atoms with Crippen LogP contribution in [-0.2, 0) is 0 Å². The van der Waals surface area contributed by atoms with Crippen LogP contribution in [0.15, 0.2) is 0 Å². The fraction of sp³-hybridized carbons (Fsp3) is 1.00. The molecule has 0 aromatic heterocycles. The molecule has 9 atom stereocenters. The Labute approximate surface area is 140 Å². The van der Waals surface area contributed by atoms with Crippen molar-refractivity contribution in [3.63, 3.8) is 0 Å². The summed E-state index contributed by atoms with van der Waals surface area (Å²) in [5.41, 5.74) is -0.851. The third-order valence-corrected chi connectivity index (χ3v) is 9.36. The van der Waals surface area contributed by atoms with E-state index in [1.165, 1.54) is 0 Å². The van der Waals surface area contributed by atoms with Crippen molar-refractivity contribution in [2.24, 2.45) is 34.5 Å². The highest BCUT2D eigenvalue weighted by Gasteiger charge is 2.69. The van der Waals surface area contributed by atoms with Gasteiger partial charge in [-0.15, -0.1) is 0 Å². The quantitative estimate of drug-likeness (QED) is 0.642. The van der Waals surface area contributed by atoms with Crippen LogP contribution in [0.25, 0.3) is 0 Å². The molecule has 132 valence electrons. The maximum absolute atomic E-state index is 11.8. The SMILES string of the molecule is C[C@H]1CC[C@]2(O)[C@@H]3CC[C@@H]4C[C@@H](O)CC[C@]4(C)[C@H]3C[C@@H](O)[C@]12C. The van der Waals surface area contributed by atoms with Gasteiger partial charge in [-0.25, -0.2) is 0 Å². The molecule has 0 spiro atoms. The number of hydrogen-bond acceptors (Lipinski definition) is 3. The smallest absolute Gasteiger partial charge is 0.0759 e. The molecule has 3 N–H and O–H groups in total. The van der Waals surface area contributed by atoms with Crippen LogP contribution in [-0.4, -0.2) is 33.1 Å². The molecule has 0 saturated heterocycles. The lowest BCUT2D eigenvalue weighted by Crippen LogP contribution is -2.66. The van der Waals surface area contributed by atoms with Gasteiger partial charge in [-0.3, -0.25) is 0 Å². The lowest BCUT2D eigenvalue weighted by atomic mass is 9.43. The zero-order valence-electron chi connectivity index (χ0n) is 15.0. The molecule has 0 aromatic rings. The van der Waals surface area contributed by atoms with Crippen LogP contribution in [0.2, 0.25) is 0 Å². The number of fused-ring (bicyclic) bond motifs is 5. The van der Waals surface area contributed by atoms with E-state index in [1.807, 2.05) is 0 Å². The van der Waals surface area contributed by atoms with Crippen molar-refractivity contribution >= 4 is 0 Å². The van der Waals surface area contributed by atoms with E-state index in [9.17, 15) is 15.3 Å². The van der Waals surface area contributed by atoms with Gasteiger partial charge in [-0.1, -0.05) is 20.8 Å². The highest BCUT2D eigenvalue weighted by molar-refractivity contribution is 5.18. The van der Waals surface area contributed by atoms with Crippen LogP contribution in [0.4, 0.5) is 0 Å². The lowest BCUT2D eigenvalue weighted by molar-refractivity contribution is -0.246. The lowest BCUT2D eigenvalue weighted by Gasteiger charge is -2.64. The van der Waals surface area contributed by atoms with E-state index in [-0.39, 0.29) is 16.9 Å². The molecule has 3 heteroatoms. The summed E-state index contributed by atoms with van der Waals surface area (Å²) >= 11 is 0. The normalized spacial score (nSPS) is 62.3. The molecule has 4 aliphatic carbocycles. The van der Waals surface area contributed by atoms with E-state index < -0.39 is 11.7 Å². The predicted molar refractivity (Wildman–Crippen MR) is 89.7 cm³/mol. The average molecular weight is 322 g/mol. The van der Waals surface area contributed by atoms with Crippen LogP contribution in [0.3, 0.4) is 0 Å². The first kappa shape index (κ1) is 16.4. The standard InChI is InChI=1S/C20H34O3/c1-12-6-9-20(23)15-5-4-13-10-14(21)7-8-18(13,2)16(15)11-17(22)19(12,20)3/h12-17,21-23H,4-11H2,1-3H3/t12-,13+,14-,15+,16-,17+,18-,19-,20-/m0/s1. The van der Waals surface area contributed by atoms with Gasteiger partial charge in [-0.05, 0) is 80.5 Å². The fourth-order valence-electron chi connectivity index (χ4n) is 7.50. The van der Waals surface area contributed by atoms with Crippen LogP contribution in [0, 0.1) is 34.5 Å². The van der Waals surface area contributed by atoms with Gasteiger partial charge >= 0.3 is 0 Å². The molecule has 4 aliphatic rings. The second kappa shape index (κ2) is 4.95. The molecule has 23 heavy (non-hydrogen) atoms. The number of rotatable bonds is 0. The van der Waals surface area contributed by atoms with Gasteiger partial charge in [0.25, 0.3) is 0 Å². The zero-order chi connectivity index (χ0) is 16.6. The summed E-state index contributed by atoms with van der Waals surface area (Å²) in [5, 5.41) is 32.9. The van der Waals surface area contributed by atoms with E-state index >= 15 is 0 Å². The largest absolute Gasteiger partial charge is 0.393 e. The van der Waals surface area contributed by atoms with Crippen molar-refractivity contribution < 1.29 is 15.3 Å². The van der Waals surface area contributed by atoms with E-state index in [0.29, 0.717) is 23.7 Å². The van der Waals surface area contributed by atoms with E-state index in [1.54, 1.807) is 0 Å². The first-order valence-corrected chi connectivity index (χ1v) is 9.82. The Balaban J connectivity index is 1.72. The predicted octanol–water partition coefficient (Wildman–Crippen LogP) is 3.11. The Hall–Kier alpha value is -0.120. The number of aliphatic hydroxyl groups excluding tert-OH is 2. The molecule has 4 saturated carbocycles. The highest BCUT2D eigenvalue weighted by atomic mass is 16.3. The van der Waals surface area contributed by atoms with Gasteiger partial charge in [0, 0.05) is 5.41 Å². The van der Waals surface area contributed by atoms with Gasteiger partial charge in [0.05, 0.1) is 17.8 Å². The minimum absolute atomic E-state index is 0.141. The Morgan fingerprint density at radius 1 is 0.870 bits per heavy atom. The zero-order valence-corrected chi connectivity index (χ0v) is 15.0. The maximum Gasteiger partial charge on any atom is 0.0759 e. The Bertz CT molecular complexity index is 493. The third kappa shape index (κ3) is 1.88. The van der Waals surface area contributed by atoms with Crippen molar-refractivity contribution in [1.29, 1.82) is 0 Å². The summed E-state index contributed by atoms with van der Waals surface area (Å²) in [5.74, 6) is 1.69. The first-order valence-electron chi connectivity index (χ1n) is 9.82. The third-order valence-electron chi connectivity index (χ3n) is 9.36. The summed E-state index contributed by atoms with van der Waals surface area (Å²) < 4.78 is 0. The molecular formula is C20H34O3. The Morgan fingerprint density at radius 2 is 1.61 bits per heavy atom. The minimum Gasteiger partial charge on any atom is -0.393 e. The number of aliphatic hydroxyl groups is 3. The van der Waals surface area contributed by atoms with Crippen molar-refractivity contribution in [3.05, 3.63) is 0 Å². The monoisotopic (exact) mass is 322 g/mol. The Kier molecular flexibility index (Phi) is 3.52. The topological polar surface area (TPSA) is 60.7 Å². The fourth-order valence-corrected chi connectivity index (χ4v) is 7.50. The second-order valence-corrected chi connectivity index (χ2v) is 9.82. The van der Waals surface area contributed by atoms with Gasteiger partial charge in [0.1, 0.15) is 0 Å². The van der Waals surface area contributed by atoms with Gasteiger partial charge < -0.3 is 15.3 Å². The Morgan fingerprint density at radius 3 is 2.35 bits per heavy atom. The van der Waals surface area contributed by atoms with Gasteiger partial charge in [0.15, 0.2) is 0 Å². The second-order valence-electron chi connectivity index (χ2n) is 9.82. The summed E-state index contributed by atoms with van der Waals surface area (Å²) in [6, 6.07) is 0. The molecule has 0 radical (unpaired) electrons. The molecule has 4 fully saturated rings. The molecule has 0 aromatic carbocycles. The van der Waals surface area contributed by atoms with Crippen LogP contribution in [0.1, 0.15) is 72.1 Å². The summed E-state index contributed by atoms with van der Waals surface area (Å²) in [6.07, 6.45) is 7.26. The molecule has 0 unspecified atom stereocenters. The van der Waals surface area contributed by atoms with Gasteiger partial charge in [0.2, 0.25) is 0 Å². The van der Waals surface area contributed by atoms with Crippen molar-refractivity contribution in [2.75, 3.05) is 0 Å². The van der Waals surface area contributed by atoms with Crippen LogP contribution >= 0.6 is 0 Å². The molecule has 0 aliphatic heterocycles. The molecule has 0 heterocycles. The average Bonchev–Trinajstić information content (AvgIpc) is 2.75. The molecule has 0 bridgehead atoms. The summed E-state index contributed by atoms with van der Waals surface area (Å²) in [4.78, 5) is 0. The van der Waals surface area contributed by atoms with E-state index in [2.05, 4.69) is 20.8 Å². The highest BCUT2D eigenvalue weighted by Crippen LogP contribution is 2.68. The molecule has 3 nitrogen and oxygen atoms in total. The molecule has 4 rings (SSSR count). The van der Waals surface area contributed by atoms with Crippen molar-refractivity contribution in [2.45, 2.75) is 89.9 Å². The number of hydrogen-bond donors (Lipinski definition) is 3. The van der Waals surface area contributed by atoms with Crippen LogP contribution < -0.4 is 0 Å². The van der Waals surface area contributed by atoms with E-state index in [0.717, 1.165) is 51.4 Å². The minimum atomic E-state index is -0.696. The molecular weight excluding hydrogens is 288 g/mol. The van der Waals surface area contributed by atoms with Gasteiger partial charge in [-0.2, -0.15) is 0 Å². The maximum atomic E-state index is 11.8. The summed E-state index contributed by atoms with van der Waals surface area (Å²) in [7, 11) is 0.